The third kappa shape index (κ3) is 0.669. The maximum absolute atomic E-state index is 10.8. The van der Waals surface area contributed by atoms with Crippen molar-refractivity contribution in [3.05, 3.63) is 0 Å². The molecule has 2 aliphatic rings. The van der Waals surface area contributed by atoms with Crippen LogP contribution in [0.25, 0.3) is 0 Å². The molecule has 0 aromatic carbocycles. The predicted molar refractivity (Wildman–Crippen MR) is 37.3 cm³/mol. The van der Waals surface area contributed by atoms with E-state index in [1.807, 2.05) is 0 Å². The van der Waals surface area contributed by atoms with Gasteiger partial charge in [-0.25, -0.2) is 0 Å². The molecule has 3 nitrogen and oxygen atoms in total. The molecule has 2 unspecified atom stereocenters. The minimum Gasteiger partial charge on any atom is -0.369 e. The van der Waals surface area contributed by atoms with Gasteiger partial charge in [-0.15, -0.1) is 0 Å². The monoisotopic (exact) mass is 140 g/mol. The van der Waals surface area contributed by atoms with Crippen LogP contribution in [-0.4, -0.2) is 18.0 Å². The fraction of sp³-hybridized carbons (Fsp3) is 0.857. The first-order valence-corrected chi connectivity index (χ1v) is 3.79. The molecule has 1 aliphatic carbocycles. The van der Waals surface area contributed by atoms with E-state index in [-0.39, 0.29) is 17.4 Å². The topological polar surface area (TPSA) is 65.0 Å². The van der Waals surface area contributed by atoms with Gasteiger partial charge >= 0.3 is 0 Å². The van der Waals surface area contributed by atoms with Crippen molar-refractivity contribution in [3.63, 3.8) is 0 Å². The molecular formula is C7H12N2O. The second-order valence-electron chi connectivity index (χ2n) is 3.36. The highest BCUT2D eigenvalue weighted by molar-refractivity contribution is 5.79. The van der Waals surface area contributed by atoms with E-state index in [4.69, 9.17) is 5.73 Å². The molecule has 3 heteroatoms. The Balaban J connectivity index is 2.14. The summed E-state index contributed by atoms with van der Waals surface area (Å²) in [5.74, 6) is -0.00463. The van der Waals surface area contributed by atoms with Gasteiger partial charge < -0.3 is 11.1 Å². The summed E-state index contributed by atoms with van der Waals surface area (Å²) in [6.45, 7) is 1.00. The molecule has 56 valence electrons. The molecule has 1 aliphatic heterocycles. The molecule has 2 fully saturated rings. The zero-order valence-corrected chi connectivity index (χ0v) is 5.89. The minimum atomic E-state index is -0.123. The molecule has 10 heavy (non-hydrogen) atoms. The second kappa shape index (κ2) is 1.72. The standard InChI is InChI=1S/C7H12N2O/c8-6(10)5-2-1-3-7(5)4-9-7/h5,9H,1-4H2,(H2,8,10). The molecule has 2 atom stereocenters. The summed E-state index contributed by atoms with van der Waals surface area (Å²) in [5.41, 5.74) is 5.39. The number of primary amides is 1. The van der Waals surface area contributed by atoms with Crippen molar-refractivity contribution < 1.29 is 4.79 Å². The minimum absolute atomic E-state index is 0.118. The highest BCUT2D eigenvalue weighted by Gasteiger charge is 2.54. The van der Waals surface area contributed by atoms with Gasteiger partial charge in [-0.1, -0.05) is 6.42 Å². The van der Waals surface area contributed by atoms with Crippen LogP contribution in [-0.2, 0) is 4.79 Å². The van der Waals surface area contributed by atoms with E-state index in [1.165, 1.54) is 0 Å². The van der Waals surface area contributed by atoms with Crippen LogP contribution in [0.15, 0.2) is 0 Å². The van der Waals surface area contributed by atoms with Crippen molar-refractivity contribution in [1.82, 2.24) is 5.32 Å². The van der Waals surface area contributed by atoms with Gasteiger partial charge in [-0.2, -0.15) is 0 Å². The number of nitrogens with one attached hydrogen (secondary N) is 1. The maximum Gasteiger partial charge on any atom is 0.222 e. The summed E-state index contributed by atoms with van der Waals surface area (Å²) in [6, 6.07) is 0. The van der Waals surface area contributed by atoms with Gasteiger partial charge in [0.15, 0.2) is 0 Å². The van der Waals surface area contributed by atoms with Crippen LogP contribution >= 0.6 is 0 Å². The van der Waals surface area contributed by atoms with Crippen LogP contribution in [0.3, 0.4) is 0 Å². The Bertz CT molecular complexity index is 174. The molecule has 3 N–H and O–H groups in total. The summed E-state index contributed by atoms with van der Waals surface area (Å²) in [5, 5.41) is 3.24. The molecule has 1 saturated heterocycles. The van der Waals surface area contributed by atoms with Crippen molar-refractivity contribution in [2.75, 3.05) is 6.54 Å². The number of carbonyl (C=O) groups excluding carboxylic acids is 1. The fourth-order valence-corrected chi connectivity index (χ4v) is 2.02. The van der Waals surface area contributed by atoms with Crippen LogP contribution in [0.5, 0.6) is 0 Å². The number of rotatable bonds is 1. The van der Waals surface area contributed by atoms with Crippen LogP contribution in [0.4, 0.5) is 0 Å². The molecule has 1 heterocycles. The van der Waals surface area contributed by atoms with Crippen LogP contribution < -0.4 is 11.1 Å². The first kappa shape index (κ1) is 6.16. The number of amides is 1. The lowest BCUT2D eigenvalue weighted by atomic mass is 9.96. The largest absolute Gasteiger partial charge is 0.369 e. The Kier molecular flexibility index (Phi) is 1.06. The first-order chi connectivity index (χ1) is 4.75. The molecule has 2 rings (SSSR count). The van der Waals surface area contributed by atoms with E-state index in [0.29, 0.717) is 0 Å². The van der Waals surface area contributed by atoms with E-state index in [9.17, 15) is 4.79 Å². The van der Waals surface area contributed by atoms with Gasteiger partial charge in [0.1, 0.15) is 0 Å². The molecule has 0 aromatic heterocycles. The van der Waals surface area contributed by atoms with Crippen LogP contribution in [0.2, 0.25) is 0 Å². The number of carbonyl (C=O) groups is 1. The Labute approximate surface area is 60.0 Å². The molecular weight excluding hydrogens is 128 g/mol. The number of hydrogen-bond acceptors (Lipinski definition) is 2. The van der Waals surface area contributed by atoms with Gasteiger partial charge in [0.05, 0.1) is 5.92 Å². The molecule has 1 spiro atoms. The SMILES string of the molecule is NC(=O)C1CCCC12CN2. The highest BCUT2D eigenvalue weighted by Crippen LogP contribution is 2.41. The molecule has 0 radical (unpaired) electrons. The summed E-state index contributed by atoms with van der Waals surface area (Å²) in [6.07, 6.45) is 3.28. The lowest BCUT2D eigenvalue weighted by Gasteiger charge is -2.11. The van der Waals surface area contributed by atoms with Crippen LogP contribution in [0.1, 0.15) is 19.3 Å². The van der Waals surface area contributed by atoms with Crippen molar-refractivity contribution in [1.29, 1.82) is 0 Å². The molecule has 0 aromatic rings. The molecule has 1 amide bonds. The summed E-state index contributed by atoms with van der Waals surface area (Å²) in [4.78, 5) is 10.8. The van der Waals surface area contributed by atoms with E-state index in [2.05, 4.69) is 5.32 Å². The second-order valence-corrected chi connectivity index (χ2v) is 3.36. The van der Waals surface area contributed by atoms with Crippen LogP contribution in [0, 0.1) is 5.92 Å². The normalized spacial score (nSPS) is 44.2. The Morgan fingerprint density at radius 1 is 1.70 bits per heavy atom. The average Bonchev–Trinajstić information content (AvgIpc) is 2.42. The smallest absolute Gasteiger partial charge is 0.222 e. The quantitative estimate of drug-likeness (QED) is 0.487. The lowest BCUT2D eigenvalue weighted by molar-refractivity contribution is -0.122. The summed E-state index contributed by atoms with van der Waals surface area (Å²) in [7, 11) is 0. The highest BCUT2D eigenvalue weighted by atomic mass is 16.1. The molecule has 1 saturated carbocycles. The van der Waals surface area contributed by atoms with E-state index in [0.717, 1.165) is 25.8 Å². The number of nitrogens with two attached hydrogens (primary N) is 1. The van der Waals surface area contributed by atoms with E-state index >= 15 is 0 Å². The third-order valence-electron chi connectivity index (χ3n) is 2.76. The predicted octanol–water partition coefficient (Wildman–Crippen LogP) is -0.386. The summed E-state index contributed by atoms with van der Waals surface area (Å²) >= 11 is 0. The molecule has 0 bridgehead atoms. The van der Waals surface area contributed by atoms with Gasteiger partial charge in [-0.05, 0) is 12.8 Å². The Morgan fingerprint density at radius 3 is 2.80 bits per heavy atom. The van der Waals surface area contributed by atoms with Gasteiger partial charge in [0.25, 0.3) is 0 Å². The Morgan fingerprint density at radius 2 is 2.40 bits per heavy atom. The van der Waals surface area contributed by atoms with Gasteiger partial charge in [-0.3, -0.25) is 4.79 Å². The zero-order valence-electron chi connectivity index (χ0n) is 5.89. The Hall–Kier alpha value is -0.570. The van der Waals surface area contributed by atoms with E-state index < -0.39 is 0 Å². The first-order valence-electron chi connectivity index (χ1n) is 3.79. The van der Waals surface area contributed by atoms with Crippen molar-refractivity contribution >= 4 is 5.91 Å². The lowest BCUT2D eigenvalue weighted by Crippen LogP contribution is -2.33. The average molecular weight is 140 g/mol. The van der Waals surface area contributed by atoms with E-state index in [1.54, 1.807) is 0 Å². The van der Waals surface area contributed by atoms with Crippen molar-refractivity contribution in [3.8, 4) is 0 Å². The van der Waals surface area contributed by atoms with Gasteiger partial charge in [0.2, 0.25) is 5.91 Å². The zero-order chi connectivity index (χ0) is 7.19. The third-order valence-corrected chi connectivity index (χ3v) is 2.76. The maximum atomic E-state index is 10.8. The van der Waals surface area contributed by atoms with Gasteiger partial charge in [0, 0.05) is 12.1 Å². The fourth-order valence-electron chi connectivity index (χ4n) is 2.02. The van der Waals surface area contributed by atoms with Crippen molar-refractivity contribution in [2.24, 2.45) is 11.7 Å². The number of hydrogen-bond donors (Lipinski definition) is 2. The van der Waals surface area contributed by atoms with Crippen molar-refractivity contribution in [2.45, 2.75) is 24.8 Å². The summed E-state index contributed by atoms with van der Waals surface area (Å²) < 4.78 is 0.